The topological polar surface area (TPSA) is 91.3 Å². The Kier molecular flexibility index (Phi) is 10.1. The lowest BCUT2D eigenvalue weighted by atomic mass is 10.1. The molecule has 1 amide bonds. The molecular formula is C23H28ClF3N4O4S. The van der Waals surface area contributed by atoms with Gasteiger partial charge in [0.25, 0.3) is 0 Å². The van der Waals surface area contributed by atoms with Gasteiger partial charge in [0.1, 0.15) is 11.6 Å². The molecule has 0 fully saturated rings. The first-order valence-electron chi connectivity index (χ1n) is 10.9. The van der Waals surface area contributed by atoms with E-state index < -0.39 is 22.1 Å². The summed E-state index contributed by atoms with van der Waals surface area (Å²) < 4.78 is 66.9. The molecule has 8 nitrogen and oxygen atoms in total. The van der Waals surface area contributed by atoms with E-state index >= 15 is 0 Å². The molecule has 0 spiro atoms. The number of carbonyl (C=O) groups is 1. The number of nitrogens with zero attached hydrogens (tertiary/aromatic N) is 3. The number of benzene rings is 2. The highest BCUT2D eigenvalue weighted by Gasteiger charge is 2.31. The minimum atomic E-state index is -4.87. The van der Waals surface area contributed by atoms with Crippen molar-refractivity contribution in [3.63, 3.8) is 0 Å². The maximum absolute atomic E-state index is 12.7. The van der Waals surface area contributed by atoms with Crippen LogP contribution in [0.3, 0.4) is 0 Å². The van der Waals surface area contributed by atoms with Gasteiger partial charge in [0, 0.05) is 45.7 Å². The molecule has 0 bridgehead atoms. The van der Waals surface area contributed by atoms with Crippen molar-refractivity contribution in [2.45, 2.75) is 24.1 Å². The van der Waals surface area contributed by atoms with Gasteiger partial charge in [-0.05, 0) is 36.2 Å². The standard InChI is InChI=1S/C23H27F3N4O4S.ClH/c1-29(15-11-17-3-5-18(6-4-17)22-27-13-14-28-22)21(31)12-16-30(2)35(32,33)20-9-7-19(8-10-20)34-23(24,25)26;/h3-10H,11-16H2,1-2H3,(H,27,28);1H. The van der Waals surface area contributed by atoms with Crippen molar-refractivity contribution in [3.05, 3.63) is 59.7 Å². The summed E-state index contributed by atoms with van der Waals surface area (Å²) in [6.07, 6.45) is -4.26. The summed E-state index contributed by atoms with van der Waals surface area (Å²) in [6.45, 7) is 2.00. The minimum Gasteiger partial charge on any atom is -0.406 e. The summed E-state index contributed by atoms with van der Waals surface area (Å²) in [4.78, 5) is 18.2. The van der Waals surface area contributed by atoms with E-state index in [1.807, 2.05) is 24.3 Å². The third kappa shape index (κ3) is 8.10. The SMILES string of the molecule is CN(CCc1ccc(C2=NCCN2)cc1)C(=O)CCN(C)S(=O)(=O)c1ccc(OC(F)(F)F)cc1.Cl. The molecule has 0 aliphatic carbocycles. The monoisotopic (exact) mass is 548 g/mol. The Morgan fingerprint density at radius 1 is 1.06 bits per heavy atom. The molecule has 13 heteroatoms. The Morgan fingerprint density at radius 3 is 2.25 bits per heavy atom. The Hall–Kier alpha value is -2.83. The van der Waals surface area contributed by atoms with Crippen LogP contribution in [0.25, 0.3) is 0 Å². The third-order valence-electron chi connectivity index (χ3n) is 5.47. The number of hydrogen-bond acceptors (Lipinski definition) is 6. The Bertz CT molecular complexity index is 1160. The molecule has 0 saturated carbocycles. The van der Waals surface area contributed by atoms with Crippen LogP contribution in [0.2, 0.25) is 0 Å². The summed E-state index contributed by atoms with van der Waals surface area (Å²) in [5.74, 6) is 0.144. The lowest BCUT2D eigenvalue weighted by Crippen LogP contribution is -2.34. The van der Waals surface area contributed by atoms with Crippen molar-refractivity contribution >= 4 is 34.2 Å². The van der Waals surface area contributed by atoms with Gasteiger partial charge < -0.3 is 15.0 Å². The van der Waals surface area contributed by atoms with Crippen molar-refractivity contribution < 1.29 is 31.1 Å². The fourth-order valence-corrected chi connectivity index (χ4v) is 4.57. The average Bonchev–Trinajstić information content (AvgIpc) is 3.35. The molecule has 36 heavy (non-hydrogen) atoms. The number of likely N-dealkylation sites (N-methyl/N-ethyl adjacent to an activating group) is 1. The number of hydrogen-bond donors (Lipinski definition) is 1. The number of aliphatic imine (C=N–C) groups is 1. The van der Waals surface area contributed by atoms with Crippen molar-refractivity contribution in [1.82, 2.24) is 14.5 Å². The maximum Gasteiger partial charge on any atom is 0.573 e. The van der Waals surface area contributed by atoms with Crippen LogP contribution in [-0.2, 0) is 21.2 Å². The highest BCUT2D eigenvalue weighted by molar-refractivity contribution is 7.89. The van der Waals surface area contributed by atoms with E-state index in [9.17, 15) is 26.4 Å². The van der Waals surface area contributed by atoms with Crippen LogP contribution < -0.4 is 10.1 Å². The van der Waals surface area contributed by atoms with Crippen molar-refractivity contribution in [1.29, 1.82) is 0 Å². The summed E-state index contributed by atoms with van der Waals surface area (Å²) >= 11 is 0. The number of halogens is 4. The van der Waals surface area contributed by atoms with Gasteiger partial charge in [0.2, 0.25) is 15.9 Å². The quantitative estimate of drug-likeness (QED) is 0.493. The second-order valence-electron chi connectivity index (χ2n) is 8.02. The van der Waals surface area contributed by atoms with Gasteiger partial charge in [-0.25, -0.2) is 12.7 Å². The third-order valence-corrected chi connectivity index (χ3v) is 7.34. The summed E-state index contributed by atoms with van der Waals surface area (Å²) in [5.41, 5.74) is 2.08. The highest BCUT2D eigenvalue weighted by atomic mass is 35.5. The predicted octanol–water partition coefficient (Wildman–Crippen LogP) is 3.07. The van der Waals surface area contributed by atoms with Crippen LogP contribution in [0.1, 0.15) is 17.5 Å². The van der Waals surface area contributed by atoms with Gasteiger partial charge in [-0.15, -0.1) is 25.6 Å². The van der Waals surface area contributed by atoms with Gasteiger partial charge in [-0.2, -0.15) is 0 Å². The van der Waals surface area contributed by atoms with E-state index in [1.165, 1.54) is 7.05 Å². The molecule has 1 aliphatic heterocycles. The van der Waals surface area contributed by atoms with Gasteiger partial charge >= 0.3 is 6.36 Å². The van der Waals surface area contributed by atoms with Gasteiger partial charge in [0.05, 0.1) is 11.4 Å². The molecule has 3 rings (SSSR count). The lowest BCUT2D eigenvalue weighted by molar-refractivity contribution is -0.274. The molecule has 0 unspecified atom stereocenters. The molecule has 198 valence electrons. The number of ether oxygens (including phenoxy) is 1. The van der Waals surface area contributed by atoms with E-state index in [1.54, 1.807) is 11.9 Å². The number of sulfonamides is 1. The van der Waals surface area contributed by atoms with E-state index in [4.69, 9.17) is 0 Å². The van der Waals surface area contributed by atoms with E-state index in [2.05, 4.69) is 15.0 Å². The Balaban J connectivity index is 0.00000456. The van der Waals surface area contributed by atoms with Crippen LogP contribution in [0.4, 0.5) is 13.2 Å². The highest BCUT2D eigenvalue weighted by Crippen LogP contribution is 2.25. The first-order chi connectivity index (χ1) is 16.5. The molecule has 1 N–H and O–H groups in total. The van der Waals surface area contributed by atoms with E-state index in [0.717, 1.165) is 58.6 Å². The van der Waals surface area contributed by atoms with E-state index in [-0.39, 0.29) is 36.2 Å². The van der Waals surface area contributed by atoms with E-state index in [0.29, 0.717) is 13.0 Å². The lowest BCUT2D eigenvalue weighted by Gasteiger charge is -2.21. The number of alkyl halides is 3. The molecule has 2 aromatic rings. The molecule has 1 heterocycles. The Labute approximate surface area is 214 Å². The Morgan fingerprint density at radius 2 is 1.69 bits per heavy atom. The summed E-state index contributed by atoms with van der Waals surface area (Å²) in [5, 5.41) is 3.22. The zero-order valence-electron chi connectivity index (χ0n) is 19.8. The molecule has 0 radical (unpaired) electrons. The fraction of sp³-hybridized carbons (Fsp3) is 0.391. The average molecular weight is 549 g/mol. The van der Waals surface area contributed by atoms with Crippen LogP contribution in [0, 0.1) is 0 Å². The van der Waals surface area contributed by atoms with Gasteiger partial charge in [-0.1, -0.05) is 24.3 Å². The number of rotatable bonds is 10. The number of carbonyl (C=O) groups excluding carboxylic acids is 1. The predicted molar refractivity (Wildman–Crippen MR) is 132 cm³/mol. The molecule has 2 aromatic carbocycles. The van der Waals surface area contributed by atoms with Crippen molar-refractivity contribution in [2.24, 2.45) is 4.99 Å². The van der Waals surface area contributed by atoms with Gasteiger partial charge in [-0.3, -0.25) is 9.79 Å². The van der Waals surface area contributed by atoms with Crippen LogP contribution >= 0.6 is 12.4 Å². The molecule has 0 atom stereocenters. The zero-order valence-corrected chi connectivity index (χ0v) is 21.4. The fourth-order valence-electron chi connectivity index (χ4n) is 3.40. The second kappa shape index (κ2) is 12.4. The molecule has 0 saturated heterocycles. The largest absolute Gasteiger partial charge is 0.573 e. The van der Waals surface area contributed by atoms with Crippen LogP contribution in [0.5, 0.6) is 5.75 Å². The minimum absolute atomic E-state index is 0. The summed E-state index contributed by atoms with van der Waals surface area (Å²) in [6, 6.07) is 11.9. The number of nitrogens with one attached hydrogen (secondary N) is 1. The van der Waals surface area contributed by atoms with Gasteiger partial charge in [0.15, 0.2) is 0 Å². The van der Waals surface area contributed by atoms with Crippen LogP contribution in [-0.4, -0.2) is 76.0 Å². The molecule has 1 aliphatic rings. The normalized spacial score (nSPS) is 13.6. The van der Waals surface area contributed by atoms with Crippen molar-refractivity contribution in [3.8, 4) is 5.75 Å². The molecular weight excluding hydrogens is 521 g/mol. The van der Waals surface area contributed by atoms with Crippen LogP contribution in [0.15, 0.2) is 58.4 Å². The summed E-state index contributed by atoms with van der Waals surface area (Å²) in [7, 11) is -1.01. The first kappa shape index (κ1) is 29.4. The smallest absolute Gasteiger partial charge is 0.406 e. The van der Waals surface area contributed by atoms with Crippen molar-refractivity contribution in [2.75, 3.05) is 40.3 Å². The number of amidine groups is 1. The molecule has 0 aromatic heterocycles. The zero-order chi connectivity index (χ0) is 25.6. The second-order valence-corrected chi connectivity index (χ2v) is 10.1. The number of amides is 1. The maximum atomic E-state index is 12.7. The first-order valence-corrected chi connectivity index (χ1v) is 12.3.